The summed E-state index contributed by atoms with van der Waals surface area (Å²) in [4.78, 5) is 14.7. The standard InChI is InChI=1S/C18H26N2O3/c1-13-10-15(19)7-8-20(13)18(21)14-4-2-5-16(11-14)23-12-17-6-3-9-22-17/h2,4-5,11,13,15,17H,3,6-10,12,19H2,1H3/t13-,15-,17+/m1/s1. The minimum atomic E-state index is 0.0620. The van der Waals surface area contributed by atoms with Crippen molar-refractivity contribution < 1.29 is 14.3 Å². The number of nitrogens with zero attached hydrogens (tertiary/aromatic N) is 1. The van der Waals surface area contributed by atoms with Gasteiger partial charge in [-0.2, -0.15) is 0 Å². The lowest BCUT2D eigenvalue weighted by molar-refractivity contribution is 0.0616. The maximum absolute atomic E-state index is 12.7. The van der Waals surface area contributed by atoms with Crippen LogP contribution in [0.2, 0.25) is 0 Å². The molecular formula is C18H26N2O3. The van der Waals surface area contributed by atoms with E-state index in [0.29, 0.717) is 12.2 Å². The summed E-state index contributed by atoms with van der Waals surface area (Å²) in [5.74, 6) is 0.791. The molecule has 2 N–H and O–H groups in total. The van der Waals surface area contributed by atoms with Crippen molar-refractivity contribution in [2.24, 2.45) is 5.73 Å². The van der Waals surface area contributed by atoms with Gasteiger partial charge in [0.05, 0.1) is 6.10 Å². The molecule has 0 radical (unpaired) electrons. The predicted molar refractivity (Wildman–Crippen MR) is 88.6 cm³/mol. The Morgan fingerprint density at radius 1 is 1.43 bits per heavy atom. The number of hydrogen-bond acceptors (Lipinski definition) is 4. The van der Waals surface area contributed by atoms with E-state index in [1.165, 1.54) is 0 Å². The maximum atomic E-state index is 12.7. The number of carbonyl (C=O) groups excluding carboxylic acids is 1. The van der Waals surface area contributed by atoms with Crippen LogP contribution in [-0.4, -0.2) is 48.8 Å². The largest absolute Gasteiger partial charge is 0.491 e. The van der Waals surface area contributed by atoms with Crippen LogP contribution in [0.15, 0.2) is 24.3 Å². The van der Waals surface area contributed by atoms with E-state index in [4.69, 9.17) is 15.2 Å². The van der Waals surface area contributed by atoms with E-state index in [1.807, 2.05) is 29.2 Å². The van der Waals surface area contributed by atoms with Gasteiger partial charge in [-0.15, -0.1) is 0 Å². The highest BCUT2D eigenvalue weighted by Gasteiger charge is 2.27. The summed E-state index contributed by atoms with van der Waals surface area (Å²) in [5, 5.41) is 0. The summed E-state index contributed by atoms with van der Waals surface area (Å²) in [6.07, 6.45) is 4.05. The van der Waals surface area contributed by atoms with Gasteiger partial charge in [-0.05, 0) is 50.8 Å². The molecule has 5 heteroatoms. The fourth-order valence-electron chi connectivity index (χ4n) is 3.36. The molecule has 2 aliphatic rings. The second-order valence-electron chi connectivity index (χ2n) is 6.61. The van der Waals surface area contributed by atoms with E-state index >= 15 is 0 Å². The van der Waals surface area contributed by atoms with Gasteiger partial charge in [0.25, 0.3) is 5.91 Å². The Morgan fingerprint density at radius 3 is 3.04 bits per heavy atom. The van der Waals surface area contributed by atoms with Gasteiger partial charge in [-0.3, -0.25) is 4.79 Å². The molecule has 0 aromatic heterocycles. The number of piperidine rings is 1. The van der Waals surface area contributed by atoms with Crippen LogP contribution in [0.25, 0.3) is 0 Å². The lowest BCUT2D eigenvalue weighted by Gasteiger charge is -2.36. The van der Waals surface area contributed by atoms with Gasteiger partial charge in [0.2, 0.25) is 0 Å². The summed E-state index contributed by atoms with van der Waals surface area (Å²) in [5.41, 5.74) is 6.66. The van der Waals surface area contributed by atoms with E-state index in [2.05, 4.69) is 6.92 Å². The molecule has 126 valence electrons. The number of ether oxygens (including phenoxy) is 2. The number of benzene rings is 1. The molecule has 2 aliphatic heterocycles. The summed E-state index contributed by atoms with van der Waals surface area (Å²) in [6, 6.07) is 7.83. The summed E-state index contributed by atoms with van der Waals surface area (Å²) < 4.78 is 11.4. The molecule has 23 heavy (non-hydrogen) atoms. The number of hydrogen-bond donors (Lipinski definition) is 1. The first-order chi connectivity index (χ1) is 11.1. The molecule has 0 spiro atoms. The van der Waals surface area contributed by atoms with Gasteiger partial charge in [0.15, 0.2) is 0 Å². The Kier molecular flexibility index (Phi) is 5.18. The van der Waals surface area contributed by atoms with Crippen LogP contribution in [0.3, 0.4) is 0 Å². The minimum absolute atomic E-state index is 0.0620. The topological polar surface area (TPSA) is 64.8 Å². The van der Waals surface area contributed by atoms with Crippen molar-refractivity contribution in [3.05, 3.63) is 29.8 Å². The Balaban J connectivity index is 1.62. The van der Waals surface area contributed by atoms with Crippen molar-refractivity contribution in [2.75, 3.05) is 19.8 Å². The molecule has 1 amide bonds. The van der Waals surface area contributed by atoms with Crippen molar-refractivity contribution in [1.82, 2.24) is 4.90 Å². The zero-order valence-corrected chi connectivity index (χ0v) is 13.7. The van der Waals surface area contributed by atoms with Crippen molar-refractivity contribution in [3.8, 4) is 5.75 Å². The van der Waals surface area contributed by atoms with Gasteiger partial charge < -0.3 is 20.1 Å². The van der Waals surface area contributed by atoms with E-state index in [1.54, 1.807) is 0 Å². The SMILES string of the molecule is C[C@@H]1C[C@H](N)CCN1C(=O)c1cccc(OC[C@@H]2CCCO2)c1. The van der Waals surface area contributed by atoms with Crippen LogP contribution in [0.5, 0.6) is 5.75 Å². The highest BCUT2D eigenvalue weighted by Crippen LogP contribution is 2.22. The first-order valence-corrected chi connectivity index (χ1v) is 8.54. The molecule has 1 aromatic rings. The lowest BCUT2D eigenvalue weighted by Crippen LogP contribution is -2.48. The van der Waals surface area contributed by atoms with Gasteiger partial charge in [-0.25, -0.2) is 0 Å². The third-order valence-electron chi connectivity index (χ3n) is 4.72. The van der Waals surface area contributed by atoms with Crippen molar-refractivity contribution >= 4 is 5.91 Å². The van der Waals surface area contributed by atoms with Gasteiger partial charge in [0.1, 0.15) is 12.4 Å². The van der Waals surface area contributed by atoms with E-state index in [-0.39, 0.29) is 24.1 Å². The van der Waals surface area contributed by atoms with E-state index < -0.39 is 0 Å². The maximum Gasteiger partial charge on any atom is 0.254 e. The smallest absolute Gasteiger partial charge is 0.254 e. The van der Waals surface area contributed by atoms with Crippen LogP contribution >= 0.6 is 0 Å². The second kappa shape index (κ2) is 7.32. The zero-order chi connectivity index (χ0) is 16.2. The second-order valence-corrected chi connectivity index (χ2v) is 6.61. The number of amides is 1. The van der Waals surface area contributed by atoms with E-state index in [9.17, 15) is 4.79 Å². The first kappa shape index (κ1) is 16.3. The number of rotatable bonds is 4. The van der Waals surface area contributed by atoms with Crippen molar-refractivity contribution in [1.29, 1.82) is 0 Å². The molecular weight excluding hydrogens is 292 g/mol. The predicted octanol–water partition coefficient (Wildman–Crippen LogP) is 2.20. The zero-order valence-electron chi connectivity index (χ0n) is 13.7. The molecule has 0 saturated carbocycles. The molecule has 5 nitrogen and oxygen atoms in total. The Morgan fingerprint density at radius 2 is 2.30 bits per heavy atom. The van der Waals surface area contributed by atoms with Crippen molar-refractivity contribution in [3.63, 3.8) is 0 Å². The molecule has 0 bridgehead atoms. The van der Waals surface area contributed by atoms with Crippen LogP contribution < -0.4 is 10.5 Å². The normalized spacial score (nSPS) is 27.9. The Bertz CT molecular complexity index is 543. The fourth-order valence-corrected chi connectivity index (χ4v) is 3.36. The first-order valence-electron chi connectivity index (χ1n) is 8.54. The summed E-state index contributed by atoms with van der Waals surface area (Å²) in [6.45, 7) is 4.16. The molecule has 2 saturated heterocycles. The summed E-state index contributed by atoms with van der Waals surface area (Å²) >= 11 is 0. The van der Waals surface area contributed by atoms with Crippen molar-refractivity contribution in [2.45, 2.75) is 50.8 Å². The van der Waals surface area contributed by atoms with Gasteiger partial charge >= 0.3 is 0 Å². The number of likely N-dealkylation sites (tertiary alicyclic amines) is 1. The summed E-state index contributed by atoms with van der Waals surface area (Å²) in [7, 11) is 0. The molecule has 2 heterocycles. The molecule has 3 atom stereocenters. The van der Waals surface area contributed by atoms with Gasteiger partial charge in [-0.1, -0.05) is 6.07 Å². The monoisotopic (exact) mass is 318 g/mol. The lowest BCUT2D eigenvalue weighted by atomic mass is 9.98. The molecule has 3 rings (SSSR count). The Hall–Kier alpha value is -1.59. The third kappa shape index (κ3) is 4.03. The molecule has 2 fully saturated rings. The van der Waals surface area contributed by atoms with Crippen LogP contribution in [0.4, 0.5) is 0 Å². The molecule has 0 unspecified atom stereocenters. The average Bonchev–Trinajstić information content (AvgIpc) is 3.06. The highest BCUT2D eigenvalue weighted by atomic mass is 16.5. The van der Waals surface area contributed by atoms with E-state index in [0.717, 1.165) is 44.6 Å². The Labute approximate surface area is 137 Å². The molecule has 1 aromatic carbocycles. The van der Waals surface area contributed by atoms with Crippen LogP contribution in [-0.2, 0) is 4.74 Å². The quantitative estimate of drug-likeness (QED) is 0.924. The third-order valence-corrected chi connectivity index (χ3v) is 4.72. The fraction of sp³-hybridized carbons (Fsp3) is 0.611. The van der Waals surface area contributed by atoms with Crippen LogP contribution in [0, 0.1) is 0 Å². The van der Waals surface area contributed by atoms with Gasteiger partial charge in [0, 0.05) is 30.8 Å². The number of carbonyl (C=O) groups is 1. The highest BCUT2D eigenvalue weighted by molar-refractivity contribution is 5.94. The molecule has 0 aliphatic carbocycles. The van der Waals surface area contributed by atoms with Crippen LogP contribution in [0.1, 0.15) is 43.0 Å². The minimum Gasteiger partial charge on any atom is -0.491 e. The number of nitrogens with two attached hydrogens (primary N) is 1. The average molecular weight is 318 g/mol.